The normalized spacial score (nSPS) is 9.86. The Morgan fingerprint density at radius 1 is 0.931 bits per heavy atom. The second-order valence-corrected chi connectivity index (χ2v) is 8.15. The van der Waals surface area contributed by atoms with E-state index in [-0.39, 0.29) is 11.7 Å². The van der Waals surface area contributed by atoms with Gasteiger partial charge in [-0.2, -0.15) is 4.39 Å². The minimum Gasteiger partial charge on any atom is -0.377 e. The third-order valence-corrected chi connectivity index (χ3v) is 3.69. The Kier molecular flexibility index (Phi) is 12.2. The van der Waals surface area contributed by atoms with Gasteiger partial charge < -0.3 is 11.1 Å². The number of hydrogen-bond donors (Lipinski definition) is 2. The molecule has 0 aliphatic rings. The molecule has 0 radical (unpaired) electrons. The lowest BCUT2D eigenvalue weighted by Crippen LogP contribution is -2.11. The molecule has 0 bridgehead atoms. The molecule has 11 heteroatoms. The highest BCUT2D eigenvalue weighted by Crippen LogP contribution is 2.28. The maximum absolute atomic E-state index is 12.6. The van der Waals surface area contributed by atoms with E-state index < -0.39 is 21.4 Å². The van der Waals surface area contributed by atoms with Crippen LogP contribution >= 0.6 is 31.9 Å². The van der Waals surface area contributed by atoms with Gasteiger partial charge in [-0.15, -0.1) is 0 Å². The zero-order chi connectivity index (χ0) is 22.7. The first-order valence-corrected chi connectivity index (χ1v) is 9.99. The lowest BCUT2D eigenvalue weighted by Gasteiger charge is -2.09. The van der Waals surface area contributed by atoms with Crippen molar-refractivity contribution in [2.75, 3.05) is 5.32 Å². The number of anilines is 1. The molecule has 0 spiro atoms. The van der Waals surface area contributed by atoms with Gasteiger partial charge in [0.15, 0.2) is 0 Å². The minimum absolute atomic E-state index is 0.0908. The van der Waals surface area contributed by atoms with Gasteiger partial charge in [-0.25, -0.2) is 0 Å². The Labute approximate surface area is 185 Å². The molecule has 0 aliphatic carbocycles. The Morgan fingerprint density at radius 3 is 1.72 bits per heavy atom. The zero-order valence-electron chi connectivity index (χ0n) is 16.4. The van der Waals surface area contributed by atoms with Crippen LogP contribution in [0.5, 0.6) is 0 Å². The number of nitrogens with zero attached hydrogens (tertiary/aromatic N) is 2. The van der Waals surface area contributed by atoms with E-state index in [1.807, 2.05) is 27.7 Å². The van der Waals surface area contributed by atoms with Crippen molar-refractivity contribution in [3.8, 4) is 0 Å². The summed E-state index contributed by atoms with van der Waals surface area (Å²) in [6.45, 7) is 7.76. The Morgan fingerprint density at radius 2 is 1.34 bits per heavy atom. The quantitative estimate of drug-likeness (QED) is 0.362. The summed E-state index contributed by atoms with van der Waals surface area (Å²) < 4.78 is 13.8. The molecule has 160 valence electrons. The van der Waals surface area contributed by atoms with Crippen LogP contribution < -0.4 is 11.1 Å². The number of nitro groups is 2. The third-order valence-electron chi connectivity index (χ3n) is 2.71. The van der Waals surface area contributed by atoms with Crippen LogP contribution in [-0.4, -0.2) is 21.9 Å². The van der Waals surface area contributed by atoms with Crippen molar-refractivity contribution in [3.63, 3.8) is 0 Å². The summed E-state index contributed by atoms with van der Waals surface area (Å²) >= 11 is 6.19. The molecule has 2 aromatic carbocycles. The molecule has 0 fully saturated rings. The highest BCUT2D eigenvalue weighted by atomic mass is 79.9. The molecular formula is C18H23Br2FN4O4. The van der Waals surface area contributed by atoms with Crippen LogP contribution in [0.1, 0.15) is 27.7 Å². The van der Waals surface area contributed by atoms with Gasteiger partial charge in [0.2, 0.25) is 5.82 Å². The van der Waals surface area contributed by atoms with E-state index in [1.54, 1.807) is 12.1 Å². The average molecular weight is 538 g/mol. The monoisotopic (exact) mass is 536 g/mol. The summed E-state index contributed by atoms with van der Waals surface area (Å²) in [7, 11) is 0. The Balaban J connectivity index is 0.000000466. The third kappa shape index (κ3) is 11.5. The van der Waals surface area contributed by atoms with Gasteiger partial charge in [-0.05, 0) is 44.2 Å². The fourth-order valence-electron chi connectivity index (χ4n) is 1.71. The van der Waals surface area contributed by atoms with Crippen LogP contribution in [0.25, 0.3) is 0 Å². The molecule has 0 saturated heterocycles. The first-order chi connectivity index (χ1) is 13.3. The van der Waals surface area contributed by atoms with E-state index in [9.17, 15) is 24.6 Å². The van der Waals surface area contributed by atoms with Crippen LogP contribution in [-0.2, 0) is 0 Å². The number of benzene rings is 2. The molecule has 0 heterocycles. The molecule has 3 N–H and O–H groups in total. The molecule has 8 nitrogen and oxygen atoms in total. The lowest BCUT2D eigenvalue weighted by molar-refractivity contribution is -0.387. The zero-order valence-corrected chi connectivity index (χ0v) is 19.5. The second kappa shape index (κ2) is 13.2. The summed E-state index contributed by atoms with van der Waals surface area (Å²) in [4.78, 5) is 19.7. The van der Waals surface area contributed by atoms with Gasteiger partial charge >= 0.3 is 5.69 Å². The van der Waals surface area contributed by atoms with Gasteiger partial charge in [0.05, 0.1) is 9.85 Å². The van der Waals surface area contributed by atoms with Crippen molar-refractivity contribution >= 4 is 48.9 Å². The molecule has 0 atom stereocenters. The standard InChI is InChI=1S/C9H11BrN2O2.C6H3BrFNO2.C3H9N/c1-6(2)11-8-4-3-7(10)5-9(8)12(13)14;7-4-1-2-5(8)6(3-4)9(10)11;1-3(2)4/h3-6,11H,1-2H3;1-3H;3H,4H2,1-2H3. The van der Waals surface area contributed by atoms with E-state index in [0.29, 0.717) is 20.7 Å². The first kappa shape index (κ1) is 26.9. The van der Waals surface area contributed by atoms with Crippen molar-refractivity contribution in [2.45, 2.75) is 39.8 Å². The van der Waals surface area contributed by atoms with E-state index in [2.05, 4.69) is 37.2 Å². The molecule has 2 rings (SSSR count). The molecule has 0 unspecified atom stereocenters. The molecule has 29 heavy (non-hydrogen) atoms. The predicted octanol–water partition coefficient (Wildman–Crippen LogP) is 6.03. The summed E-state index contributed by atoms with van der Waals surface area (Å²) in [5.74, 6) is -0.821. The van der Waals surface area contributed by atoms with Crippen LogP contribution in [0, 0.1) is 26.0 Å². The molecular weight excluding hydrogens is 515 g/mol. The van der Waals surface area contributed by atoms with Crippen LogP contribution in [0.3, 0.4) is 0 Å². The number of hydrogen-bond acceptors (Lipinski definition) is 6. The van der Waals surface area contributed by atoms with E-state index in [0.717, 1.165) is 12.1 Å². The molecule has 2 aromatic rings. The van der Waals surface area contributed by atoms with E-state index >= 15 is 0 Å². The lowest BCUT2D eigenvalue weighted by atomic mass is 10.2. The van der Waals surface area contributed by atoms with Gasteiger partial charge in [0.1, 0.15) is 5.69 Å². The van der Waals surface area contributed by atoms with Crippen LogP contribution in [0.2, 0.25) is 0 Å². The number of nitrogens with two attached hydrogens (primary N) is 1. The summed E-state index contributed by atoms with van der Waals surface area (Å²) in [5.41, 5.74) is 5.24. The maximum Gasteiger partial charge on any atom is 0.305 e. The van der Waals surface area contributed by atoms with Crippen molar-refractivity contribution in [1.82, 2.24) is 0 Å². The molecule has 0 aromatic heterocycles. The largest absolute Gasteiger partial charge is 0.377 e. The van der Waals surface area contributed by atoms with E-state index in [1.165, 1.54) is 12.1 Å². The number of rotatable bonds is 4. The number of nitro benzene ring substituents is 2. The molecule has 0 aliphatic heterocycles. The van der Waals surface area contributed by atoms with Gasteiger partial charge in [0.25, 0.3) is 5.69 Å². The fraction of sp³-hybridized carbons (Fsp3) is 0.333. The van der Waals surface area contributed by atoms with Crippen molar-refractivity contribution < 1.29 is 14.2 Å². The number of nitrogens with one attached hydrogen (secondary N) is 1. The predicted molar refractivity (Wildman–Crippen MR) is 120 cm³/mol. The van der Waals surface area contributed by atoms with Crippen LogP contribution in [0.15, 0.2) is 45.3 Å². The van der Waals surface area contributed by atoms with Crippen LogP contribution in [0.4, 0.5) is 21.5 Å². The van der Waals surface area contributed by atoms with Crippen molar-refractivity contribution in [1.29, 1.82) is 0 Å². The number of halogens is 3. The first-order valence-electron chi connectivity index (χ1n) is 8.40. The highest BCUT2D eigenvalue weighted by molar-refractivity contribution is 9.10. The smallest absolute Gasteiger partial charge is 0.305 e. The Bertz CT molecular complexity index is 833. The van der Waals surface area contributed by atoms with Crippen molar-refractivity contribution in [3.05, 3.63) is 71.4 Å². The van der Waals surface area contributed by atoms with Gasteiger partial charge in [0, 0.05) is 27.1 Å². The highest BCUT2D eigenvalue weighted by Gasteiger charge is 2.14. The SMILES string of the molecule is CC(C)N.CC(C)Nc1ccc(Br)cc1[N+](=O)[O-].O=[N+]([O-])c1cc(Br)ccc1F. The molecule has 0 saturated carbocycles. The van der Waals surface area contributed by atoms with Gasteiger partial charge in [-0.3, -0.25) is 20.2 Å². The summed E-state index contributed by atoms with van der Waals surface area (Å²) in [6, 6.07) is 9.04. The Hall–Kier alpha value is -2.11. The topological polar surface area (TPSA) is 124 Å². The van der Waals surface area contributed by atoms with Gasteiger partial charge in [-0.1, -0.05) is 45.7 Å². The summed E-state index contributed by atoms with van der Waals surface area (Å²) in [6.07, 6.45) is 0. The molecule has 0 amide bonds. The second-order valence-electron chi connectivity index (χ2n) is 6.31. The van der Waals surface area contributed by atoms with Crippen molar-refractivity contribution in [2.24, 2.45) is 5.73 Å². The maximum atomic E-state index is 12.6. The fourth-order valence-corrected chi connectivity index (χ4v) is 2.41. The average Bonchev–Trinajstić information content (AvgIpc) is 2.58. The van der Waals surface area contributed by atoms with E-state index in [4.69, 9.17) is 5.73 Å². The minimum atomic E-state index is -0.821. The summed E-state index contributed by atoms with van der Waals surface area (Å²) in [5, 5.41) is 23.8.